The quantitative estimate of drug-likeness (QED) is 0.562. The van der Waals surface area contributed by atoms with E-state index in [9.17, 15) is 9.59 Å². The third kappa shape index (κ3) is 5.16. The Hall–Kier alpha value is -4.06. The molecule has 1 N–H and O–H groups in total. The zero-order valence-electron chi connectivity index (χ0n) is 17.7. The minimum Gasteiger partial charge on any atom is -0.492 e. The molecule has 32 heavy (non-hydrogen) atoms. The van der Waals surface area contributed by atoms with Crippen LogP contribution in [0.3, 0.4) is 0 Å². The lowest BCUT2D eigenvalue weighted by Crippen LogP contribution is -2.46. The van der Waals surface area contributed by atoms with Crippen molar-refractivity contribution in [3.8, 4) is 11.5 Å². The van der Waals surface area contributed by atoms with Crippen molar-refractivity contribution in [2.45, 2.75) is 13.0 Å². The van der Waals surface area contributed by atoms with Crippen molar-refractivity contribution in [2.24, 2.45) is 0 Å². The fourth-order valence-corrected chi connectivity index (χ4v) is 3.41. The van der Waals surface area contributed by atoms with Crippen LogP contribution in [0.4, 0.5) is 11.4 Å². The number of carbonyl (C=O) groups excluding carboxylic acids is 2. The summed E-state index contributed by atoms with van der Waals surface area (Å²) in [5.74, 6) is 0.924. The molecular formula is C26H24N2O4. The number of nitrogens with one attached hydrogen (secondary N) is 1. The minimum absolute atomic E-state index is 0.151. The third-order valence-corrected chi connectivity index (χ3v) is 4.99. The number of hydrogen-bond donors (Lipinski definition) is 1. The number of rotatable bonds is 7. The van der Waals surface area contributed by atoms with Gasteiger partial charge in [0.25, 0.3) is 5.91 Å². The molecule has 2 amide bonds. The molecule has 1 unspecified atom stereocenters. The Morgan fingerprint density at radius 1 is 1.06 bits per heavy atom. The highest BCUT2D eigenvalue weighted by molar-refractivity contribution is 6.04. The summed E-state index contributed by atoms with van der Waals surface area (Å²) in [5, 5.41) is 2.84. The summed E-state index contributed by atoms with van der Waals surface area (Å²) in [5.41, 5.74) is 2.12. The first-order chi connectivity index (χ1) is 15.6. The summed E-state index contributed by atoms with van der Waals surface area (Å²) in [6.45, 7) is 2.42. The van der Waals surface area contributed by atoms with Gasteiger partial charge in [0.05, 0.1) is 12.2 Å². The van der Waals surface area contributed by atoms with Gasteiger partial charge in [-0.15, -0.1) is 0 Å². The molecule has 0 aliphatic carbocycles. The van der Waals surface area contributed by atoms with Crippen molar-refractivity contribution < 1.29 is 19.1 Å². The van der Waals surface area contributed by atoms with Gasteiger partial charge in [-0.1, -0.05) is 48.5 Å². The summed E-state index contributed by atoms with van der Waals surface area (Å²) in [6, 6.07) is 24.3. The number of benzene rings is 3. The topological polar surface area (TPSA) is 67.9 Å². The second-order valence-electron chi connectivity index (χ2n) is 7.33. The molecule has 1 heterocycles. The van der Waals surface area contributed by atoms with Gasteiger partial charge in [0, 0.05) is 11.8 Å². The molecule has 162 valence electrons. The maximum absolute atomic E-state index is 12.8. The van der Waals surface area contributed by atoms with Crippen LogP contribution in [0, 0.1) is 0 Å². The largest absolute Gasteiger partial charge is 0.492 e. The Labute approximate surface area is 187 Å². The van der Waals surface area contributed by atoms with E-state index in [1.54, 1.807) is 36.1 Å². The normalized spacial score (nSPS) is 15.2. The Balaban J connectivity index is 1.46. The van der Waals surface area contributed by atoms with Gasteiger partial charge in [-0.3, -0.25) is 9.59 Å². The number of ether oxygens (including phenoxy) is 2. The number of amides is 2. The summed E-state index contributed by atoms with van der Waals surface area (Å²) in [7, 11) is 0. The van der Waals surface area contributed by atoms with E-state index in [0.717, 1.165) is 11.3 Å². The van der Waals surface area contributed by atoms with Gasteiger partial charge in [0.2, 0.25) is 5.91 Å². The van der Waals surface area contributed by atoms with Crippen molar-refractivity contribution >= 4 is 29.3 Å². The van der Waals surface area contributed by atoms with Crippen LogP contribution in [0.25, 0.3) is 6.08 Å². The molecule has 6 heteroatoms. The molecule has 0 saturated carbocycles. The smallest absolute Gasteiger partial charge is 0.267 e. The highest BCUT2D eigenvalue weighted by atomic mass is 16.5. The van der Waals surface area contributed by atoms with Gasteiger partial charge in [-0.2, -0.15) is 0 Å². The van der Waals surface area contributed by atoms with Crippen molar-refractivity contribution in [3.63, 3.8) is 0 Å². The monoisotopic (exact) mass is 428 g/mol. The first-order valence-corrected chi connectivity index (χ1v) is 10.4. The highest BCUT2D eigenvalue weighted by Gasteiger charge is 2.31. The van der Waals surface area contributed by atoms with Gasteiger partial charge < -0.3 is 19.7 Å². The molecule has 0 radical (unpaired) electrons. The lowest BCUT2D eigenvalue weighted by atomic mass is 10.1. The third-order valence-electron chi connectivity index (χ3n) is 4.99. The molecule has 3 aromatic carbocycles. The van der Waals surface area contributed by atoms with Crippen molar-refractivity contribution in [1.29, 1.82) is 0 Å². The van der Waals surface area contributed by atoms with Crippen LogP contribution in [0.2, 0.25) is 0 Å². The zero-order valence-corrected chi connectivity index (χ0v) is 17.7. The molecule has 1 atom stereocenters. The Kier molecular flexibility index (Phi) is 6.51. The van der Waals surface area contributed by atoms with Crippen LogP contribution < -0.4 is 19.7 Å². The number of para-hydroxylation sites is 1. The summed E-state index contributed by atoms with van der Waals surface area (Å²) < 4.78 is 11.5. The molecule has 0 fully saturated rings. The van der Waals surface area contributed by atoms with Crippen LogP contribution in [-0.4, -0.2) is 31.1 Å². The second kappa shape index (κ2) is 9.83. The van der Waals surface area contributed by atoms with E-state index in [4.69, 9.17) is 9.47 Å². The molecule has 0 bridgehead atoms. The summed E-state index contributed by atoms with van der Waals surface area (Å²) in [6.07, 6.45) is 2.63. The Morgan fingerprint density at radius 2 is 1.78 bits per heavy atom. The van der Waals surface area contributed by atoms with Crippen LogP contribution in [0.5, 0.6) is 11.5 Å². The first kappa shape index (κ1) is 21.2. The van der Waals surface area contributed by atoms with Gasteiger partial charge in [0.1, 0.15) is 18.1 Å². The number of hydrogen-bond acceptors (Lipinski definition) is 4. The maximum atomic E-state index is 12.8. The van der Waals surface area contributed by atoms with Crippen LogP contribution in [0.15, 0.2) is 84.9 Å². The van der Waals surface area contributed by atoms with E-state index in [2.05, 4.69) is 5.32 Å². The molecule has 1 aliphatic heterocycles. The minimum atomic E-state index is -0.589. The lowest BCUT2D eigenvalue weighted by molar-refractivity contribution is -0.125. The molecule has 6 nitrogen and oxygen atoms in total. The van der Waals surface area contributed by atoms with Crippen LogP contribution in [-0.2, 0) is 9.59 Å². The molecule has 4 rings (SSSR count). The zero-order chi connectivity index (χ0) is 22.3. The average Bonchev–Trinajstić information content (AvgIpc) is 2.82. The number of carbonyl (C=O) groups is 2. The fourth-order valence-electron chi connectivity index (χ4n) is 3.41. The van der Waals surface area contributed by atoms with Gasteiger partial charge in [-0.25, -0.2) is 0 Å². The van der Waals surface area contributed by atoms with E-state index in [1.807, 2.05) is 60.7 Å². The highest BCUT2D eigenvalue weighted by Crippen LogP contribution is 2.36. The van der Waals surface area contributed by atoms with E-state index in [1.165, 1.54) is 6.08 Å². The van der Waals surface area contributed by atoms with Gasteiger partial charge in [0.15, 0.2) is 6.10 Å². The van der Waals surface area contributed by atoms with E-state index < -0.39 is 6.10 Å². The Bertz CT molecular complexity index is 1110. The van der Waals surface area contributed by atoms with Crippen molar-refractivity contribution in [2.75, 3.05) is 23.4 Å². The second-order valence-corrected chi connectivity index (χ2v) is 7.33. The van der Waals surface area contributed by atoms with Crippen LogP contribution in [0.1, 0.15) is 12.5 Å². The predicted molar refractivity (Wildman–Crippen MR) is 125 cm³/mol. The van der Waals surface area contributed by atoms with E-state index in [-0.39, 0.29) is 11.8 Å². The number of nitrogens with zero attached hydrogens (tertiary/aromatic N) is 1. The molecule has 0 aromatic heterocycles. The van der Waals surface area contributed by atoms with Crippen molar-refractivity contribution in [3.05, 3.63) is 90.5 Å². The fraction of sp³-hybridized carbons (Fsp3) is 0.154. The molecule has 0 saturated heterocycles. The van der Waals surface area contributed by atoms with Gasteiger partial charge >= 0.3 is 0 Å². The molecule has 1 aliphatic rings. The lowest BCUT2D eigenvalue weighted by Gasteiger charge is -2.33. The first-order valence-electron chi connectivity index (χ1n) is 10.4. The predicted octanol–water partition coefficient (Wildman–Crippen LogP) is 4.53. The molecule has 0 spiro atoms. The Morgan fingerprint density at radius 3 is 2.53 bits per heavy atom. The van der Waals surface area contributed by atoms with Crippen LogP contribution >= 0.6 is 0 Å². The average molecular weight is 428 g/mol. The molecular weight excluding hydrogens is 404 g/mol. The summed E-state index contributed by atoms with van der Waals surface area (Å²) in [4.78, 5) is 26.8. The number of anilines is 2. The standard InChI is InChI=1S/C26H24N2O4/c1-19-26(30)28(16-17-31-22-10-6-3-7-11-22)23-18-21(13-14-24(23)32-19)27-25(29)15-12-20-8-4-2-5-9-20/h2-15,18-19H,16-17H2,1H3,(H,27,29)/b15-12+. The van der Waals surface area contributed by atoms with Gasteiger partial charge in [-0.05, 0) is 48.9 Å². The van der Waals surface area contributed by atoms with E-state index >= 15 is 0 Å². The van der Waals surface area contributed by atoms with E-state index in [0.29, 0.717) is 30.3 Å². The molecule has 3 aromatic rings. The van der Waals surface area contributed by atoms with Crippen molar-refractivity contribution in [1.82, 2.24) is 0 Å². The summed E-state index contributed by atoms with van der Waals surface area (Å²) >= 11 is 0. The maximum Gasteiger partial charge on any atom is 0.267 e. The SMILES string of the molecule is CC1Oc2ccc(NC(=O)/C=C/c3ccccc3)cc2N(CCOc2ccccc2)C1=O. The number of fused-ring (bicyclic) bond motifs is 1.